The third-order valence-corrected chi connectivity index (χ3v) is 5.52. The summed E-state index contributed by atoms with van der Waals surface area (Å²) in [7, 11) is -1.03. The van der Waals surface area contributed by atoms with Crippen molar-refractivity contribution in [2.45, 2.75) is 49.2 Å². The number of benzene rings is 1. The first-order chi connectivity index (χ1) is 8.63. The molecular weight excluding hydrogens is 242 g/mol. The van der Waals surface area contributed by atoms with Crippen molar-refractivity contribution in [1.29, 1.82) is 5.26 Å². The molecule has 1 fully saturated rings. The van der Waals surface area contributed by atoms with Crippen LogP contribution in [0, 0.1) is 17.2 Å². The summed E-state index contributed by atoms with van der Waals surface area (Å²) in [5.74, 6) is 0.460. The Balaban J connectivity index is 2.16. The molecule has 0 bridgehead atoms. The van der Waals surface area contributed by atoms with Crippen molar-refractivity contribution in [3.63, 3.8) is 0 Å². The molecule has 0 aromatic heterocycles. The Labute approximate surface area is 111 Å². The molecule has 3 atom stereocenters. The molecule has 18 heavy (non-hydrogen) atoms. The largest absolute Gasteiger partial charge is 0.254 e. The summed E-state index contributed by atoms with van der Waals surface area (Å²) in [5, 5.41) is 9.09. The molecule has 0 N–H and O–H groups in total. The fraction of sp³-hybridized carbons (Fsp3) is 0.533. The van der Waals surface area contributed by atoms with E-state index >= 15 is 0 Å². The first kappa shape index (κ1) is 13.3. The van der Waals surface area contributed by atoms with Crippen LogP contribution in [0.25, 0.3) is 0 Å². The van der Waals surface area contributed by atoms with Crippen LogP contribution in [0.4, 0.5) is 0 Å². The van der Waals surface area contributed by atoms with Crippen LogP contribution in [0.2, 0.25) is 0 Å². The average molecular weight is 261 g/mol. The lowest BCUT2D eigenvalue weighted by Crippen LogP contribution is -2.19. The van der Waals surface area contributed by atoms with E-state index in [0.717, 1.165) is 24.2 Å². The van der Waals surface area contributed by atoms with Gasteiger partial charge in [-0.25, -0.2) is 0 Å². The SMILES string of the molecule is CC(C)c1ccc(S(=O)C2CCCC2C#N)cc1. The Kier molecular flexibility index (Phi) is 4.19. The summed E-state index contributed by atoms with van der Waals surface area (Å²) in [6, 6.07) is 10.3. The minimum atomic E-state index is -1.03. The van der Waals surface area contributed by atoms with Gasteiger partial charge in [-0.3, -0.25) is 4.21 Å². The molecule has 0 amide bonds. The Morgan fingerprint density at radius 3 is 2.50 bits per heavy atom. The molecule has 0 heterocycles. The number of rotatable bonds is 3. The second-order valence-electron chi connectivity index (χ2n) is 5.23. The van der Waals surface area contributed by atoms with Gasteiger partial charge in [0.05, 0.1) is 28.0 Å². The summed E-state index contributed by atoms with van der Waals surface area (Å²) in [4.78, 5) is 0.867. The van der Waals surface area contributed by atoms with Crippen molar-refractivity contribution < 1.29 is 4.21 Å². The van der Waals surface area contributed by atoms with Crippen LogP contribution in [0.1, 0.15) is 44.6 Å². The van der Waals surface area contributed by atoms with Gasteiger partial charge in [-0.15, -0.1) is 0 Å². The molecule has 0 aliphatic heterocycles. The van der Waals surface area contributed by atoms with Gasteiger partial charge in [-0.2, -0.15) is 5.26 Å². The van der Waals surface area contributed by atoms with E-state index in [2.05, 4.69) is 19.9 Å². The highest BCUT2D eigenvalue weighted by Gasteiger charge is 2.32. The first-order valence-corrected chi connectivity index (χ1v) is 7.75. The number of hydrogen-bond acceptors (Lipinski definition) is 2. The quantitative estimate of drug-likeness (QED) is 0.834. The molecule has 1 aromatic carbocycles. The molecule has 2 nitrogen and oxygen atoms in total. The summed E-state index contributed by atoms with van der Waals surface area (Å²) in [6.45, 7) is 4.29. The van der Waals surface area contributed by atoms with E-state index in [0.29, 0.717) is 5.92 Å². The normalized spacial score (nSPS) is 25.0. The van der Waals surface area contributed by atoms with E-state index in [-0.39, 0.29) is 11.2 Å². The van der Waals surface area contributed by atoms with Gasteiger partial charge in [0.1, 0.15) is 0 Å². The summed E-state index contributed by atoms with van der Waals surface area (Å²) in [5.41, 5.74) is 1.26. The molecule has 1 aliphatic rings. The van der Waals surface area contributed by atoms with Crippen molar-refractivity contribution in [3.05, 3.63) is 29.8 Å². The Hall–Kier alpha value is -1.14. The molecule has 3 heteroatoms. The first-order valence-electron chi connectivity index (χ1n) is 6.53. The van der Waals surface area contributed by atoms with E-state index in [1.807, 2.05) is 24.3 Å². The second-order valence-corrected chi connectivity index (χ2v) is 6.90. The number of hydrogen-bond donors (Lipinski definition) is 0. The molecule has 3 unspecified atom stereocenters. The fourth-order valence-corrected chi connectivity index (χ4v) is 4.12. The molecular formula is C15H19NOS. The fourth-order valence-electron chi connectivity index (χ4n) is 2.49. The maximum absolute atomic E-state index is 12.5. The zero-order valence-electron chi connectivity index (χ0n) is 10.9. The number of nitriles is 1. The minimum absolute atomic E-state index is 0.0277. The van der Waals surface area contributed by atoms with Crippen molar-refractivity contribution in [2.24, 2.45) is 5.92 Å². The zero-order chi connectivity index (χ0) is 13.1. The van der Waals surface area contributed by atoms with Crippen LogP contribution >= 0.6 is 0 Å². The topological polar surface area (TPSA) is 40.9 Å². The summed E-state index contributed by atoms with van der Waals surface area (Å²) >= 11 is 0. The lowest BCUT2D eigenvalue weighted by Gasteiger charge is -2.14. The van der Waals surface area contributed by atoms with E-state index in [4.69, 9.17) is 5.26 Å². The summed E-state index contributed by atoms with van der Waals surface area (Å²) in [6.07, 6.45) is 2.84. The summed E-state index contributed by atoms with van der Waals surface area (Å²) < 4.78 is 12.5. The van der Waals surface area contributed by atoms with Crippen molar-refractivity contribution in [2.75, 3.05) is 0 Å². The maximum atomic E-state index is 12.5. The minimum Gasteiger partial charge on any atom is -0.254 e. The molecule has 0 saturated heterocycles. The maximum Gasteiger partial charge on any atom is 0.0668 e. The van der Waals surface area contributed by atoms with Gasteiger partial charge in [-0.1, -0.05) is 32.4 Å². The van der Waals surface area contributed by atoms with E-state index in [9.17, 15) is 4.21 Å². The second kappa shape index (κ2) is 5.67. The standard InChI is InChI=1S/C15H19NOS/c1-11(2)12-6-8-14(9-7-12)18(17)15-5-3-4-13(15)10-16/h6-9,11,13,15H,3-5H2,1-2H3. The van der Waals surface area contributed by atoms with E-state index < -0.39 is 10.8 Å². The van der Waals surface area contributed by atoms with Crippen LogP contribution < -0.4 is 0 Å². The van der Waals surface area contributed by atoms with Gasteiger partial charge < -0.3 is 0 Å². The van der Waals surface area contributed by atoms with E-state index in [1.54, 1.807) is 0 Å². The van der Waals surface area contributed by atoms with Crippen LogP contribution in [-0.2, 0) is 10.8 Å². The lowest BCUT2D eigenvalue weighted by atomic mass is 10.0. The Morgan fingerprint density at radius 2 is 1.94 bits per heavy atom. The molecule has 0 radical (unpaired) electrons. The van der Waals surface area contributed by atoms with Crippen LogP contribution in [0.5, 0.6) is 0 Å². The third-order valence-electron chi connectivity index (χ3n) is 3.67. The Bertz CT molecular complexity index is 472. The predicted octanol–water partition coefficient (Wildman–Crippen LogP) is 3.61. The van der Waals surface area contributed by atoms with Crippen molar-refractivity contribution in [1.82, 2.24) is 0 Å². The molecule has 96 valence electrons. The molecule has 1 aromatic rings. The lowest BCUT2D eigenvalue weighted by molar-refractivity contribution is 0.645. The van der Waals surface area contributed by atoms with Crippen molar-refractivity contribution >= 4 is 10.8 Å². The van der Waals surface area contributed by atoms with Gasteiger partial charge in [0.25, 0.3) is 0 Å². The molecule has 0 spiro atoms. The third kappa shape index (κ3) is 2.64. The van der Waals surface area contributed by atoms with Gasteiger partial charge in [0.15, 0.2) is 0 Å². The van der Waals surface area contributed by atoms with E-state index in [1.165, 1.54) is 5.56 Å². The molecule has 2 rings (SSSR count). The average Bonchev–Trinajstić information content (AvgIpc) is 2.86. The predicted molar refractivity (Wildman–Crippen MR) is 73.7 cm³/mol. The van der Waals surface area contributed by atoms with Gasteiger partial charge in [-0.05, 0) is 36.5 Å². The van der Waals surface area contributed by atoms with Crippen LogP contribution in [-0.4, -0.2) is 9.46 Å². The highest BCUT2D eigenvalue weighted by Crippen LogP contribution is 2.32. The number of nitrogens with zero attached hydrogens (tertiary/aromatic N) is 1. The molecule has 1 aliphatic carbocycles. The van der Waals surface area contributed by atoms with Crippen LogP contribution in [0.15, 0.2) is 29.2 Å². The highest BCUT2D eigenvalue weighted by atomic mass is 32.2. The zero-order valence-corrected chi connectivity index (χ0v) is 11.7. The highest BCUT2D eigenvalue weighted by molar-refractivity contribution is 7.85. The smallest absolute Gasteiger partial charge is 0.0668 e. The Morgan fingerprint density at radius 1 is 1.28 bits per heavy atom. The molecule has 1 saturated carbocycles. The monoisotopic (exact) mass is 261 g/mol. The van der Waals surface area contributed by atoms with Crippen molar-refractivity contribution in [3.8, 4) is 6.07 Å². The van der Waals surface area contributed by atoms with Gasteiger partial charge in [0, 0.05) is 4.90 Å². The van der Waals surface area contributed by atoms with Crippen LogP contribution in [0.3, 0.4) is 0 Å². The van der Waals surface area contributed by atoms with Gasteiger partial charge >= 0.3 is 0 Å². The van der Waals surface area contributed by atoms with Gasteiger partial charge in [0.2, 0.25) is 0 Å².